The van der Waals surface area contributed by atoms with Gasteiger partial charge in [-0.15, -0.1) is 0 Å². The average Bonchev–Trinajstić information content (AvgIpc) is 3.06. The van der Waals surface area contributed by atoms with Crippen molar-refractivity contribution in [1.29, 1.82) is 0 Å². The van der Waals surface area contributed by atoms with Gasteiger partial charge < -0.3 is 14.3 Å². The Morgan fingerprint density at radius 1 is 1.13 bits per heavy atom. The average molecular weight is 420 g/mol. The molecule has 2 amide bonds. The highest BCUT2D eigenvalue weighted by molar-refractivity contribution is 6.07. The summed E-state index contributed by atoms with van der Waals surface area (Å²) in [4.78, 5) is 31.7. The number of aromatic nitrogens is 2. The van der Waals surface area contributed by atoms with E-state index in [1.54, 1.807) is 21.0 Å². The van der Waals surface area contributed by atoms with Gasteiger partial charge in [-0.1, -0.05) is 23.4 Å². The maximum absolute atomic E-state index is 13.5. The van der Waals surface area contributed by atoms with E-state index in [1.165, 1.54) is 41.1 Å². The molecule has 10 heteroatoms. The fraction of sp³-hybridized carbons (Fsp3) is 0.300. The van der Waals surface area contributed by atoms with Gasteiger partial charge in [-0.05, 0) is 19.1 Å². The fourth-order valence-electron chi connectivity index (χ4n) is 2.98. The predicted molar refractivity (Wildman–Crippen MR) is 103 cm³/mol. The second kappa shape index (κ2) is 7.77. The van der Waals surface area contributed by atoms with Crippen LogP contribution in [0.25, 0.3) is 22.4 Å². The SMILES string of the molecule is Cc1noc2nc(-c3ccccc3C(F)(F)F)cc(C(=O)N(C)CC(=O)N(C)C)c12. The number of alkyl halides is 3. The third kappa shape index (κ3) is 3.98. The lowest BCUT2D eigenvalue weighted by Crippen LogP contribution is -2.37. The van der Waals surface area contributed by atoms with Gasteiger partial charge in [-0.25, -0.2) is 4.98 Å². The van der Waals surface area contributed by atoms with E-state index in [4.69, 9.17) is 4.52 Å². The monoisotopic (exact) mass is 420 g/mol. The molecule has 2 heterocycles. The van der Waals surface area contributed by atoms with E-state index in [1.807, 2.05) is 0 Å². The van der Waals surface area contributed by atoms with Gasteiger partial charge in [-0.3, -0.25) is 9.59 Å². The summed E-state index contributed by atoms with van der Waals surface area (Å²) in [5.74, 6) is -0.865. The van der Waals surface area contributed by atoms with E-state index >= 15 is 0 Å². The minimum atomic E-state index is -4.61. The number of rotatable bonds is 4. The lowest BCUT2D eigenvalue weighted by atomic mass is 10.0. The highest BCUT2D eigenvalue weighted by Crippen LogP contribution is 2.37. The van der Waals surface area contributed by atoms with Gasteiger partial charge in [0.25, 0.3) is 11.6 Å². The molecule has 0 unspecified atom stereocenters. The van der Waals surface area contributed by atoms with Crippen LogP contribution < -0.4 is 0 Å². The molecule has 0 aliphatic carbocycles. The Kier molecular flexibility index (Phi) is 5.51. The van der Waals surface area contributed by atoms with Gasteiger partial charge in [0, 0.05) is 26.7 Å². The number of pyridine rings is 1. The zero-order valence-corrected chi connectivity index (χ0v) is 16.7. The lowest BCUT2D eigenvalue weighted by Gasteiger charge is -2.20. The van der Waals surface area contributed by atoms with Crippen LogP contribution in [0.4, 0.5) is 13.2 Å². The van der Waals surface area contributed by atoms with Gasteiger partial charge in [0.05, 0.1) is 34.4 Å². The molecule has 0 aliphatic heterocycles. The van der Waals surface area contributed by atoms with Crippen molar-refractivity contribution < 1.29 is 27.3 Å². The fourth-order valence-corrected chi connectivity index (χ4v) is 2.98. The first kappa shape index (κ1) is 21.3. The Hall–Kier alpha value is -3.43. The van der Waals surface area contributed by atoms with Crippen molar-refractivity contribution in [3.05, 3.63) is 47.2 Å². The van der Waals surface area contributed by atoms with Gasteiger partial charge in [0.2, 0.25) is 5.91 Å². The Morgan fingerprint density at radius 2 is 1.80 bits per heavy atom. The van der Waals surface area contributed by atoms with Crippen molar-refractivity contribution in [3.63, 3.8) is 0 Å². The quantitative estimate of drug-likeness (QED) is 0.647. The molecule has 0 N–H and O–H groups in total. The lowest BCUT2D eigenvalue weighted by molar-refractivity contribution is -0.137. The largest absolute Gasteiger partial charge is 0.417 e. The second-order valence-corrected chi connectivity index (χ2v) is 7.00. The van der Waals surface area contributed by atoms with Crippen LogP contribution in [0.2, 0.25) is 0 Å². The highest BCUT2D eigenvalue weighted by Gasteiger charge is 2.34. The van der Waals surface area contributed by atoms with Gasteiger partial charge in [-0.2, -0.15) is 13.2 Å². The Labute approximate surface area is 170 Å². The summed E-state index contributed by atoms with van der Waals surface area (Å²) < 4.78 is 45.6. The molecular weight excluding hydrogens is 401 g/mol. The number of aryl methyl sites for hydroxylation is 1. The van der Waals surface area contributed by atoms with Crippen LogP contribution in [0.1, 0.15) is 21.6 Å². The first-order valence-electron chi connectivity index (χ1n) is 8.90. The van der Waals surface area contributed by atoms with Crippen LogP contribution in [0, 0.1) is 6.92 Å². The third-order valence-corrected chi connectivity index (χ3v) is 4.57. The molecule has 0 saturated heterocycles. The minimum Gasteiger partial charge on any atom is -0.347 e. The number of carbonyl (C=O) groups excluding carboxylic acids is 2. The standard InChI is InChI=1S/C20H19F3N4O3/c1-11-17-13(19(29)27(4)10-16(28)26(2)3)9-15(24-18(17)30-25-11)12-7-5-6-8-14(12)20(21,22)23/h5-9H,10H2,1-4H3. The number of fused-ring (bicyclic) bond motifs is 1. The normalized spacial score (nSPS) is 11.6. The molecule has 0 saturated carbocycles. The van der Waals surface area contributed by atoms with E-state index in [0.29, 0.717) is 5.69 Å². The molecule has 0 bridgehead atoms. The van der Waals surface area contributed by atoms with Crippen LogP contribution in [0.5, 0.6) is 0 Å². The van der Waals surface area contributed by atoms with Crippen LogP contribution in [0.3, 0.4) is 0 Å². The summed E-state index contributed by atoms with van der Waals surface area (Å²) in [5.41, 5.74) is -0.798. The third-order valence-electron chi connectivity index (χ3n) is 4.57. The highest BCUT2D eigenvalue weighted by atomic mass is 19.4. The molecule has 7 nitrogen and oxygen atoms in total. The molecule has 1 aromatic carbocycles. The van der Waals surface area contributed by atoms with Crippen LogP contribution >= 0.6 is 0 Å². The number of hydrogen-bond acceptors (Lipinski definition) is 5. The van der Waals surface area contributed by atoms with Crippen molar-refractivity contribution in [2.24, 2.45) is 0 Å². The van der Waals surface area contributed by atoms with E-state index in [-0.39, 0.29) is 40.4 Å². The molecule has 0 spiro atoms. The second-order valence-electron chi connectivity index (χ2n) is 7.00. The first-order chi connectivity index (χ1) is 14.0. The van der Waals surface area contributed by atoms with Crippen LogP contribution in [-0.2, 0) is 11.0 Å². The summed E-state index contributed by atoms with van der Waals surface area (Å²) in [5, 5.41) is 4.08. The van der Waals surface area contributed by atoms with Crippen LogP contribution in [-0.4, -0.2) is 59.4 Å². The van der Waals surface area contributed by atoms with Crippen molar-refractivity contribution in [2.75, 3.05) is 27.7 Å². The summed E-state index contributed by atoms with van der Waals surface area (Å²) in [6.07, 6.45) is -4.61. The molecule has 158 valence electrons. The first-order valence-corrected chi connectivity index (χ1v) is 8.90. The Bertz CT molecular complexity index is 1120. The topological polar surface area (TPSA) is 79.5 Å². The van der Waals surface area contributed by atoms with Crippen molar-refractivity contribution in [3.8, 4) is 11.3 Å². The number of amides is 2. The Balaban J connectivity index is 2.16. The van der Waals surface area contributed by atoms with Gasteiger partial charge >= 0.3 is 6.18 Å². The number of hydrogen-bond donors (Lipinski definition) is 0. The van der Waals surface area contributed by atoms with E-state index in [9.17, 15) is 22.8 Å². The molecule has 3 aromatic rings. The minimum absolute atomic E-state index is 0.0554. The molecule has 2 aromatic heterocycles. The number of carbonyl (C=O) groups is 2. The van der Waals surface area contributed by atoms with Gasteiger partial charge in [0.15, 0.2) is 0 Å². The summed E-state index contributed by atoms with van der Waals surface area (Å²) in [7, 11) is 4.55. The van der Waals surface area contributed by atoms with Crippen molar-refractivity contribution in [1.82, 2.24) is 19.9 Å². The van der Waals surface area contributed by atoms with Crippen molar-refractivity contribution >= 4 is 22.9 Å². The van der Waals surface area contributed by atoms with Gasteiger partial charge in [0.1, 0.15) is 0 Å². The molecule has 30 heavy (non-hydrogen) atoms. The number of halogens is 3. The summed E-state index contributed by atoms with van der Waals surface area (Å²) in [6.45, 7) is 1.40. The zero-order valence-electron chi connectivity index (χ0n) is 16.7. The Morgan fingerprint density at radius 3 is 2.43 bits per heavy atom. The number of benzene rings is 1. The van der Waals surface area contributed by atoms with E-state index < -0.39 is 17.6 Å². The van der Waals surface area contributed by atoms with Crippen LogP contribution in [0.15, 0.2) is 34.9 Å². The summed E-state index contributed by atoms with van der Waals surface area (Å²) >= 11 is 0. The molecule has 3 rings (SSSR count). The summed E-state index contributed by atoms with van der Waals surface area (Å²) in [6, 6.07) is 6.21. The molecule has 0 fully saturated rings. The van der Waals surface area contributed by atoms with E-state index in [2.05, 4.69) is 10.1 Å². The zero-order chi connectivity index (χ0) is 22.2. The molecule has 0 atom stereocenters. The number of likely N-dealkylation sites (N-methyl/N-ethyl adjacent to an activating group) is 2. The maximum Gasteiger partial charge on any atom is 0.417 e. The predicted octanol–water partition coefficient (Wildman–Crippen LogP) is 3.38. The maximum atomic E-state index is 13.5. The molecule has 0 radical (unpaired) electrons. The smallest absolute Gasteiger partial charge is 0.347 e. The molecular formula is C20H19F3N4O3. The van der Waals surface area contributed by atoms with E-state index in [0.717, 1.165) is 6.07 Å². The molecule has 0 aliphatic rings. The van der Waals surface area contributed by atoms with Crippen molar-refractivity contribution in [2.45, 2.75) is 13.1 Å². The number of nitrogens with zero attached hydrogens (tertiary/aromatic N) is 4.